The maximum Gasteiger partial charge on any atom is 0.239 e. The summed E-state index contributed by atoms with van der Waals surface area (Å²) in [5.41, 5.74) is -1.48. The number of aliphatic hydroxyl groups excluding tert-OH is 7. The minimum Gasteiger partial charge on any atom is -0.507 e. The van der Waals surface area contributed by atoms with Crippen LogP contribution < -0.4 is 19.6 Å². The molecule has 47 heavy (non-hydrogen) atoms. The summed E-state index contributed by atoms with van der Waals surface area (Å²) in [5.74, 6) is -3.18. The molecule has 0 radical (unpaired) electrons. The van der Waals surface area contributed by atoms with E-state index in [1.54, 1.807) is 0 Å². The van der Waals surface area contributed by atoms with Crippen LogP contribution in [-0.2, 0) is 14.2 Å². The summed E-state index contributed by atoms with van der Waals surface area (Å²) in [4.78, 5) is 14.1. The molecular weight excluding hydrogens is 636 g/mol. The number of methoxy groups -OCH3 is 2. The van der Waals surface area contributed by atoms with Crippen LogP contribution >= 0.6 is 0 Å². The van der Waals surface area contributed by atoms with Crippen LogP contribution in [0.15, 0.2) is 33.5 Å². The fourth-order valence-electron chi connectivity index (χ4n) is 5.36. The zero-order chi connectivity index (χ0) is 34.3. The molecule has 2 saturated heterocycles. The van der Waals surface area contributed by atoms with Crippen molar-refractivity contribution in [3.05, 3.63) is 34.5 Å². The lowest BCUT2D eigenvalue weighted by Crippen LogP contribution is -2.65. The second kappa shape index (κ2) is 13.6. The Morgan fingerprint density at radius 2 is 1.36 bits per heavy atom. The van der Waals surface area contributed by atoms with E-state index in [1.807, 2.05) is 0 Å². The number of rotatable bonds is 9. The van der Waals surface area contributed by atoms with Crippen LogP contribution in [0.1, 0.15) is 0 Å². The summed E-state index contributed by atoms with van der Waals surface area (Å²) >= 11 is 0. The second-order valence-corrected chi connectivity index (χ2v) is 10.8. The molecule has 5 unspecified atom stereocenters. The van der Waals surface area contributed by atoms with Crippen LogP contribution in [0, 0.1) is 0 Å². The monoisotopic (exact) mass is 670 g/mol. The number of phenolic OH excluding ortho intramolecular Hbond substituents is 3. The third-order valence-electron chi connectivity index (χ3n) is 7.88. The number of aromatic hydroxyl groups is 3. The molecule has 0 spiro atoms. The van der Waals surface area contributed by atoms with E-state index in [-0.39, 0.29) is 22.8 Å². The third-order valence-corrected chi connectivity index (χ3v) is 7.88. The van der Waals surface area contributed by atoms with Crippen LogP contribution in [0.3, 0.4) is 0 Å². The molecule has 3 heterocycles. The molecule has 0 aliphatic carbocycles. The minimum absolute atomic E-state index is 0.0278. The van der Waals surface area contributed by atoms with Crippen LogP contribution in [-0.4, -0.2) is 140 Å². The Balaban J connectivity index is 1.66. The highest BCUT2D eigenvalue weighted by molar-refractivity contribution is 5.93. The molecular formula is C29H34O18. The van der Waals surface area contributed by atoms with Crippen molar-refractivity contribution in [2.24, 2.45) is 0 Å². The number of ether oxygens (including phenoxy) is 6. The first kappa shape index (κ1) is 34.4. The zero-order valence-electron chi connectivity index (χ0n) is 24.7. The highest BCUT2D eigenvalue weighted by atomic mass is 16.8. The number of benzene rings is 2. The largest absolute Gasteiger partial charge is 0.507 e. The van der Waals surface area contributed by atoms with Gasteiger partial charge in [-0.3, -0.25) is 4.79 Å². The van der Waals surface area contributed by atoms with Crippen molar-refractivity contribution in [3.63, 3.8) is 0 Å². The molecule has 1 aromatic heterocycles. The topological polar surface area (TPSA) is 288 Å². The van der Waals surface area contributed by atoms with E-state index in [2.05, 4.69) is 0 Å². The van der Waals surface area contributed by atoms with Crippen LogP contribution in [0.2, 0.25) is 0 Å². The normalized spacial score (nSPS) is 31.1. The maximum absolute atomic E-state index is 14.1. The summed E-state index contributed by atoms with van der Waals surface area (Å²) in [7, 11) is 2.42. The number of hydrogen-bond donors (Lipinski definition) is 10. The van der Waals surface area contributed by atoms with Gasteiger partial charge >= 0.3 is 0 Å². The zero-order valence-corrected chi connectivity index (χ0v) is 24.7. The lowest BCUT2D eigenvalue weighted by molar-refractivity contribution is -0.358. The first-order valence-electron chi connectivity index (χ1n) is 14.1. The van der Waals surface area contributed by atoms with Gasteiger partial charge in [-0.1, -0.05) is 0 Å². The molecule has 2 aliphatic rings. The quantitative estimate of drug-likeness (QED) is 0.113. The van der Waals surface area contributed by atoms with Gasteiger partial charge in [0.1, 0.15) is 53.9 Å². The number of fused-ring (bicyclic) bond motifs is 1. The number of aliphatic hydroxyl groups is 7. The SMILES string of the molecule is COc1cc(-c2oc3c(OC)c(O)cc(O)c3c(=O)c2O[C@@H]2OC(CO)[C@@H](O)C(O)C2O[C@@H]2OC(CO)[C@H](O)C(O)[C@H]2O)ccc1O. The van der Waals surface area contributed by atoms with Crippen molar-refractivity contribution in [1.82, 2.24) is 0 Å². The van der Waals surface area contributed by atoms with Gasteiger partial charge in [-0.2, -0.15) is 0 Å². The van der Waals surface area contributed by atoms with Gasteiger partial charge in [-0.25, -0.2) is 0 Å². The Kier molecular flexibility index (Phi) is 9.99. The molecule has 0 amide bonds. The van der Waals surface area contributed by atoms with Gasteiger partial charge in [-0.15, -0.1) is 0 Å². The van der Waals surface area contributed by atoms with E-state index in [0.29, 0.717) is 0 Å². The van der Waals surface area contributed by atoms with Gasteiger partial charge in [0, 0.05) is 11.6 Å². The van der Waals surface area contributed by atoms with E-state index in [9.17, 15) is 55.9 Å². The molecule has 2 aliphatic heterocycles. The summed E-state index contributed by atoms with van der Waals surface area (Å²) in [6, 6.07) is 4.56. The molecule has 258 valence electrons. The molecule has 0 saturated carbocycles. The van der Waals surface area contributed by atoms with E-state index in [1.165, 1.54) is 25.3 Å². The molecule has 5 rings (SSSR count). The number of phenols is 3. The average Bonchev–Trinajstić information content (AvgIpc) is 3.05. The predicted molar refractivity (Wildman–Crippen MR) is 153 cm³/mol. The van der Waals surface area contributed by atoms with Gasteiger partial charge in [0.25, 0.3) is 0 Å². The van der Waals surface area contributed by atoms with Crippen molar-refractivity contribution in [2.45, 2.75) is 61.4 Å². The third kappa shape index (κ3) is 6.11. The first-order valence-corrected chi connectivity index (χ1v) is 14.1. The van der Waals surface area contributed by atoms with Gasteiger partial charge in [0.05, 0.1) is 27.4 Å². The highest BCUT2D eigenvalue weighted by Crippen LogP contribution is 2.44. The fraction of sp³-hybridized carbons (Fsp3) is 0.483. The van der Waals surface area contributed by atoms with Gasteiger partial charge < -0.3 is 83.9 Å². The fourth-order valence-corrected chi connectivity index (χ4v) is 5.36. The Hall–Kier alpha value is -3.95. The van der Waals surface area contributed by atoms with Crippen molar-refractivity contribution >= 4 is 11.0 Å². The second-order valence-electron chi connectivity index (χ2n) is 10.8. The Morgan fingerprint density at radius 1 is 0.723 bits per heavy atom. The molecule has 2 aromatic carbocycles. The lowest BCUT2D eigenvalue weighted by atomic mass is 9.97. The molecule has 10 atom stereocenters. The summed E-state index contributed by atoms with van der Waals surface area (Å²) in [6.07, 6.45) is -18.1. The lowest BCUT2D eigenvalue weighted by Gasteiger charge is -2.45. The van der Waals surface area contributed by atoms with Crippen molar-refractivity contribution < 1.29 is 83.9 Å². The molecule has 18 heteroatoms. The minimum atomic E-state index is -1.98. The van der Waals surface area contributed by atoms with E-state index >= 15 is 0 Å². The maximum atomic E-state index is 14.1. The van der Waals surface area contributed by atoms with E-state index in [0.717, 1.165) is 13.2 Å². The average molecular weight is 671 g/mol. The summed E-state index contributed by atoms with van der Waals surface area (Å²) < 4.78 is 38.9. The Morgan fingerprint density at radius 3 is 1.98 bits per heavy atom. The summed E-state index contributed by atoms with van der Waals surface area (Å²) in [5, 5.41) is 103. The Bertz CT molecular complexity index is 1640. The molecule has 0 bridgehead atoms. The molecule has 10 N–H and O–H groups in total. The van der Waals surface area contributed by atoms with Gasteiger partial charge in [0.15, 0.2) is 41.0 Å². The number of hydrogen-bond acceptors (Lipinski definition) is 18. The van der Waals surface area contributed by atoms with Gasteiger partial charge in [0.2, 0.25) is 23.2 Å². The standard InChI is InChI=1S/C29H34O18/c1-41-13-5-9(3-4-10(13)32)23-26(19(37)16-11(33)6-12(34)24(42-2)25(16)45-23)46-29-27(21(39)18(36)15(8-31)44-29)47-28-22(40)20(38)17(35)14(7-30)43-28/h3-6,14-15,17-18,20-22,27-36,38-40H,7-8H2,1-2H3/t14?,15?,17-,18+,20?,21?,22+,27?,28-,29-/m0/s1. The molecule has 18 nitrogen and oxygen atoms in total. The van der Waals surface area contributed by atoms with Crippen LogP contribution in [0.25, 0.3) is 22.3 Å². The predicted octanol–water partition coefficient (Wildman–Crippen LogP) is -2.40. The van der Waals surface area contributed by atoms with Crippen molar-refractivity contribution in [1.29, 1.82) is 0 Å². The van der Waals surface area contributed by atoms with E-state index < -0.39 is 114 Å². The van der Waals surface area contributed by atoms with Gasteiger partial charge in [-0.05, 0) is 18.2 Å². The summed E-state index contributed by atoms with van der Waals surface area (Å²) in [6.45, 7) is -1.68. The Labute approximate surface area is 264 Å². The van der Waals surface area contributed by atoms with Crippen LogP contribution in [0.4, 0.5) is 0 Å². The highest BCUT2D eigenvalue weighted by Gasteiger charge is 2.51. The van der Waals surface area contributed by atoms with Crippen LogP contribution in [0.5, 0.6) is 34.5 Å². The first-order chi connectivity index (χ1) is 22.4. The van der Waals surface area contributed by atoms with Crippen molar-refractivity contribution in [2.75, 3.05) is 27.4 Å². The van der Waals surface area contributed by atoms with E-state index in [4.69, 9.17) is 32.8 Å². The smallest absolute Gasteiger partial charge is 0.239 e. The molecule has 3 aromatic rings. The van der Waals surface area contributed by atoms with Crippen molar-refractivity contribution in [3.8, 4) is 45.8 Å². The molecule has 2 fully saturated rings.